The van der Waals surface area contributed by atoms with E-state index in [1.54, 1.807) is 12.1 Å². The van der Waals surface area contributed by atoms with Gasteiger partial charge in [-0.05, 0) is 84.9 Å². The highest BCUT2D eigenvalue weighted by Gasteiger charge is 2.36. The van der Waals surface area contributed by atoms with E-state index in [2.05, 4.69) is 11.9 Å². The van der Waals surface area contributed by atoms with Gasteiger partial charge in [-0.2, -0.15) is 13.2 Å². The van der Waals surface area contributed by atoms with E-state index in [1.807, 2.05) is 18.2 Å². The number of H-pyrrole nitrogens is 1. The molecule has 5 heteroatoms. The van der Waals surface area contributed by atoms with Crippen molar-refractivity contribution in [3.63, 3.8) is 0 Å². The molecule has 2 aromatic carbocycles. The minimum atomic E-state index is -4.34. The Labute approximate surface area is 187 Å². The van der Waals surface area contributed by atoms with Gasteiger partial charge in [-0.25, -0.2) is 0 Å². The summed E-state index contributed by atoms with van der Waals surface area (Å²) in [4.78, 5) is 3.59. The third-order valence-corrected chi connectivity index (χ3v) is 7.32. The second-order valence-electron chi connectivity index (χ2n) is 9.44. The lowest BCUT2D eigenvalue weighted by molar-refractivity contribution is -0.138. The highest BCUT2D eigenvalue weighted by Crippen LogP contribution is 2.43. The van der Waals surface area contributed by atoms with Crippen LogP contribution in [0.4, 0.5) is 13.2 Å². The highest BCUT2D eigenvalue weighted by atomic mass is 19.4. The Kier molecular flexibility index (Phi) is 5.68. The van der Waals surface area contributed by atoms with Crippen LogP contribution in [0, 0.1) is 0 Å². The summed E-state index contributed by atoms with van der Waals surface area (Å²) in [5.41, 5.74) is 4.36. The Hall–Kier alpha value is -2.43. The number of fused-ring (bicyclic) bond motifs is 3. The number of aryl methyl sites for hydroxylation is 1. The van der Waals surface area contributed by atoms with Crippen molar-refractivity contribution in [1.82, 2.24) is 4.98 Å². The summed E-state index contributed by atoms with van der Waals surface area (Å²) in [5, 5.41) is 1.18. The first-order valence-corrected chi connectivity index (χ1v) is 11.9. The van der Waals surface area contributed by atoms with Crippen LogP contribution in [0.1, 0.15) is 91.7 Å². The van der Waals surface area contributed by atoms with Crippen molar-refractivity contribution >= 4 is 10.9 Å². The molecule has 1 fully saturated rings. The molecule has 2 aliphatic rings. The lowest BCUT2D eigenvalue weighted by Crippen LogP contribution is -2.12. The minimum Gasteiger partial charge on any atom is -0.489 e. The fourth-order valence-electron chi connectivity index (χ4n) is 5.75. The van der Waals surface area contributed by atoms with Gasteiger partial charge in [0.1, 0.15) is 12.4 Å². The molecule has 1 atom stereocenters. The number of aromatic amines is 1. The van der Waals surface area contributed by atoms with E-state index in [4.69, 9.17) is 4.74 Å². The summed E-state index contributed by atoms with van der Waals surface area (Å²) in [6, 6.07) is 10.7. The molecule has 2 nitrogen and oxygen atoms in total. The first-order chi connectivity index (χ1) is 15.4. The fraction of sp³-hybridized carbons (Fsp3) is 0.481. The quantitative estimate of drug-likeness (QED) is 0.409. The number of nitrogens with one attached hydrogen (secondary N) is 1. The number of hydrogen-bond acceptors (Lipinski definition) is 1. The molecule has 0 saturated heterocycles. The van der Waals surface area contributed by atoms with Crippen molar-refractivity contribution in [2.45, 2.75) is 82.9 Å². The molecule has 170 valence electrons. The van der Waals surface area contributed by atoms with Crippen LogP contribution in [0.5, 0.6) is 5.75 Å². The van der Waals surface area contributed by atoms with E-state index in [1.165, 1.54) is 42.0 Å². The number of halogens is 3. The predicted octanol–water partition coefficient (Wildman–Crippen LogP) is 8.25. The van der Waals surface area contributed by atoms with E-state index in [9.17, 15) is 13.2 Å². The van der Waals surface area contributed by atoms with Gasteiger partial charge in [0.15, 0.2) is 0 Å². The van der Waals surface area contributed by atoms with Gasteiger partial charge in [-0.3, -0.25) is 0 Å². The summed E-state index contributed by atoms with van der Waals surface area (Å²) in [6.07, 6.45) is 4.00. The van der Waals surface area contributed by atoms with Crippen LogP contribution in [0.3, 0.4) is 0 Å². The van der Waals surface area contributed by atoms with Gasteiger partial charge in [0.25, 0.3) is 0 Å². The molecular weight excluding hydrogens is 411 g/mol. The van der Waals surface area contributed by atoms with Gasteiger partial charge in [0, 0.05) is 16.6 Å². The van der Waals surface area contributed by atoms with Crippen molar-refractivity contribution < 1.29 is 17.9 Å². The molecule has 0 bridgehead atoms. The predicted molar refractivity (Wildman–Crippen MR) is 121 cm³/mol. The Bertz CT molecular complexity index is 1110. The Morgan fingerprint density at radius 3 is 2.59 bits per heavy atom. The molecule has 0 unspecified atom stereocenters. The van der Waals surface area contributed by atoms with E-state index in [0.29, 0.717) is 22.8 Å². The third-order valence-electron chi connectivity index (χ3n) is 7.32. The maximum Gasteiger partial charge on any atom is 0.416 e. The average Bonchev–Trinajstić information content (AvgIpc) is 3.50. The zero-order valence-corrected chi connectivity index (χ0v) is 18.5. The van der Waals surface area contributed by atoms with Gasteiger partial charge in [-0.15, -0.1) is 0 Å². The standard InChI is InChI=1S/C27H30F3NO/c1-2-5-19-9-12-22-23-15-20(10-13-25(23)31-26(19)22)32-16-17-8-11-21(18-6-3-4-7-18)24(14-17)27(28,29)30/h8,10-11,13-15,18-19,31H,2-7,9,12,16H2,1H3/t19-/m0/s1. The van der Waals surface area contributed by atoms with Crippen LogP contribution in [0.25, 0.3) is 10.9 Å². The van der Waals surface area contributed by atoms with Gasteiger partial charge >= 0.3 is 6.18 Å². The Balaban J connectivity index is 1.36. The number of benzene rings is 2. The number of hydrogen-bond donors (Lipinski definition) is 1. The summed E-state index contributed by atoms with van der Waals surface area (Å²) >= 11 is 0. The maximum absolute atomic E-state index is 13.8. The monoisotopic (exact) mass is 441 g/mol. The number of aromatic nitrogens is 1. The largest absolute Gasteiger partial charge is 0.489 e. The maximum atomic E-state index is 13.8. The normalized spacial score (nSPS) is 19.1. The average molecular weight is 442 g/mol. The molecule has 3 aromatic rings. The first kappa shape index (κ1) is 21.4. The minimum absolute atomic E-state index is 0.0243. The van der Waals surface area contributed by atoms with E-state index >= 15 is 0 Å². The molecule has 32 heavy (non-hydrogen) atoms. The van der Waals surface area contributed by atoms with Gasteiger partial charge in [-0.1, -0.05) is 38.3 Å². The van der Waals surface area contributed by atoms with Crippen molar-refractivity contribution in [2.75, 3.05) is 0 Å². The Morgan fingerprint density at radius 1 is 1.03 bits per heavy atom. The van der Waals surface area contributed by atoms with Crippen molar-refractivity contribution in [1.29, 1.82) is 0 Å². The number of rotatable bonds is 6. The molecule has 0 amide bonds. The molecule has 1 heterocycles. The van der Waals surface area contributed by atoms with Gasteiger partial charge in [0.2, 0.25) is 0 Å². The molecule has 1 N–H and O–H groups in total. The van der Waals surface area contributed by atoms with Crippen LogP contribution in [0.15, 0.2) is 36.4 Å². The molecule has 1 aromatic heterocycles. The van der Waals surface area contributed by atoms with Crippen LogP contribution in [-0.2, 0) is 19.2 Å². The van der Waals surface area contributed by atoms with Gasteiger partial charge in [0.05, 0.1) is 5.56 Å². The first-order valence-electron chi connectivity index (χ1n) is 11.9. The molecule has 1 saturated carbocycles. The van der Waals surface area contributed by atoms with Crippen LogP contribution in [0.2, 0.25) is 0 Å². The third kappa shape index (κ3) is 4.02. The van der Waals surface area contributed by atoms with Crippen LogP contribution in [-0.4, -0.2) is 4.98 Å². The highest BCUT2D eigenvalue weighted by molar-refractivity contribution is 5.86. The summed E-state index contributed by atoms with van der Waals surface area (Å²) in [7, 11) is 0. The molecule has 5 rings (SSSR count). The van der Waals surface area contributed by atoms with Crippen LogP contribution >= 0.6 is 0 Å². The van der Waals surface area contributed by atoms with Crippen molar-refractivity contribution in [2.24, 2.45) is 0 Å². The zero-order valence-electron chi connectivity index (χ0n) is 18.5. The molecular formula is C27H30F3NO. The van der Waals surface area contributed by atoms with Crippen molar-refractivity contribution in [3.05, 3.63) is 64.3 Å². The Morgan fingerprint density at radius 2 is 1.84 bits per heavy atom. The summed E-state index contributed by atoms with van der Waals surface area (Å²) in [5.74, 6) is 1.33. The van der Waals surface area contributed by atoms with E-state index in [-0.39, 0.29) is 12.5 Å². The summed E-state index contributed by atoms with van der Waals surface area (Å²) in [6.45, 7) is 2.35. The van der Waals surface area contributed by atoms with E-state index in [0.717, 1.165) is 37.6 Å². The lowest BCUT2D eigenvalue weighted by atomic mass is 9.91. The zero-order chi connectivity index (χ0) is 22.3. The topological polar surface area (TPSA) is 25.0 Å². The molecule has 0 radical (unpaired) electrons. The van der Waals surface area contributed by atoms with Gasteiger partial charge < -0.3 is 9.72 Å². The second kappa shape index (κ2) is 8.49. The fourth-order valence-corrected chi connectivity index (χ4v) is 5.75. The molecule has 2 aliphatic carbocycles. The van der Waals surface area contributed by atoms with E-state index < -0.39 is 11.7 Å². The molecule has 0 spiro atoms. The van der Waals surface area contributed by atoms with Crippen LogP contribution < -0.4 is 4.74 Å². The molecule has 0 aliphatic heterocycles. The van der Waals surface area contributed by atoms with Crippen molar-refractivity contribution in [3.8, 4) is 5.75 Å². The summed E-state index contributed by atoms with van der Waals surface area (Å²) < 4.78 is 47.2. The number of alkyl halides is 3. The smallest absolute Gasteiger partial charge is 0.416 e. The SMILES string of the molecule is CCC[C@H]1CCc2c1[nH]c1ccc(OCc3ccc(C4CCCC4)c(C(F)(F)F)c3)cc21. The second-order valence-corrected chi connectivity index (χ2v) is 9.44. The lowest BCUT2D eigenvalue weighted by Gasteiger charge is -2.19. The number of ether oxygens (including phenoxy) is 1.